The van der Waals surface area contributed by atoms with Crippen molar-refractivity contribution in [2.45, 2.75) is 95.3 Å². The van der Waals surface area contributed by atoms with Gasteiger partial charge in [0.15, 0.2) is 0 Å². The largest absolute Gasteiger partial charge is 0.311 e. The summed E-state index contributed by atoms with van der Waals surface area (Å²) in [6.45, 7) is 5.04. The number of fused-ring (bicyclic) bond motifs is 2. The fourth-order valence-corrected chi connectivity index (χ4v) is 13.0. The molecular formula is C51H55N. The fourth-order valence-electron chi connectivity index (χ4n) is 13.0. The Labute approximate surface area is 312 Å². The molecule has 1 nitrogen and oxygen atoms in total. The Morgan fingerprint density at radius 3 is 1.23 bits per heavy atom. The molecule has 2 unspecified atom stereocenters. The van der Waals surface area contributed by atoms with E-state index in [0.29, 0.717) is 5.41 Å². The summed E-state index contributed by atoms with van der Waals surface area (Å²) in [5.41, 5.74) is 12.6. The molecule has 6 saturated carbocycles. The van der Waals surface area contributed by atoms with E-state index in [4.69, 9.17) is 0 Å². The molecule has 0 amide bonds. The van der Waals surface area contributed by atoms with E-state index in [1.807, 2.05) is 0 Å². The van der Waals surface area contributed by atoms with Crippen LogP contribution in [0.5, 0.6) is 0 Å². The fraction of sp³-hybridized carbons (Fsp3) is 0.412. The van der Waals surface area contributed by atoms with Gasteiger partial charge in [-0.3, -0.25) is 0 Å². The number of benzene rings is 5. The van der Waals surface area contributed by atoms with Gasteiger partial charge in [0.25, 0.3) is 0 Å². The van der Waals surface area contributed by atoms with E-state index in [9.17, 15) is 0 Å². The molecule has 0 aliphatic heterocycles. The van der Waals surface area contributed by atoms with E-state index in [0.717, 1.165) is 35.5 Å². The van der Waals surface area contributed by atoms with Crippen LogP contribution in [0.3, 0.4) is 0 Å². The second kappa shape index (κ2) is 12.8. The summed E-state index contributed by atoms with van der Waals surface area (Å²) in [5, 5.41) is 0. The van der Waals surface area contributed by atoms with Crippen molar-refractivity contribution in [3.05, 3.63) is 139 Å². The second-order valence-electron chi connectivity index (χ2n) is 18.6. The van der Waals surface area contributed by atoms with Crippen molar-refractivity contribution in [2.24, 2.45) is 35.5 Å². The SMILES string of the molecule is CC1CC2CC(C1)CC(C)(c1ccc(N(c3ccc(-c4ccc(-c5ccccc5)cc4)cc3)c3ccc(C45CC6CC(CC(C6)C4)C5)cc3)cc1)C2. The molecule has 6 aliphatic rings. The average Bonchev–Trinajstić information content (AvgIpc) is 3.15. The third kappa shape index (κ3) is 5.93. The van der Waals surface area contributed by atoms with Gasteiger partial charge in [-0.05, 0) is 187 Å². The zero-order chi connectivity index (χ0) is 34.9. The molecule has 0 saturated heterocycles. The molecule has 11 rings (SSSR count). The summed E-state index contributed by atoms with van der Waals surface area (Å²) in [5.74, 6) is 5.57. The van der Waals surface area contributed by atoms with Crippen molar-refractivity contribution in [1.82, 2.24) is 0 Å². The molecular weight excluding hydrogens is 627 g/mol. The molecule has 0 radical (unpaired) electrons. The summed E-state index contributed by atoms with van der Waals surface area (Å²) in [6.07, 6.45) is 15.7. The highest BCUT2D eigenvalue weighted by Gasteiger charge is 2.51. The van der Waals surface area contributed by atoms with Crippen molar-refractivity contribution in [3.63, 3.8) is 0 Å². The minimum Gasteiger partial charge on any atom is -0.311 e. The lowest BCUT2D eigenvalue weighted by molar-refractivity contribution is -0.00518. The molecule has 5 aromatic carbocycles. The van der Waals surface area contributed by atoms with Crippen LogP contribution in [0.15, 0.2) is 127 Å². The Balaban J connectivity index is 0.965. The van der Waals surface area contributed by atoms with Crippen LogP contribution in [-0.4, -0.2) is 0 Å². The number of hydrogen-bond acceptors (Lipinski definition) is 1. The molecule has 6 aliphatic carbocycles. The predicted octanol–water partition coefficient (Wildman–Crippen LogP) is 14.1. The highest BCUT2D eigenvalue weighted by molar-refractivity contribution is 5.79. The molecule has 0 heterocycles. The predicted molar refractivity (Wildman–Crippen MR) is 218 cm³/mol. The highest BCUT2D eigenvalue weighted by atomic mass is 15.1. The van der Waals surface area contributed by atoms with Crippen LogP contribution < -0.4 is 4.90 Å². The van der Waals surface area contributed by atoms with Gasteiger partial charge in [0, 0.05) is 17.1 Å². The van der Waals surface area contributed by atoms with Crippen LogP contribution in [0.1, 0.15) is 95.6 Å². The molecule has 6 fully saturated rings. The molecule has 2 atom stereocenters. The van der Waals surface area contributed by atoms with Gasteiger partial charge in [0.2, 0.25) is 0 Å². The zero-order valence-electron chi connectivity index (χ0n) is 31.3. The number of anilines is 3. The Hall–Kier alpha value is -4.10. The Morgan fingerprint density at radius 2 is 0.769 bits per heavy atom. The first-order valence-corrected chi connectivity index (χ1v) is 20.7. The van der Waals surface area contributed by atoms with Crippen LogP contribution in [0, 0.1) is 35.5 Å². The molecule has 52 heavy (non-hydrogen) atoms. The van der Waals surface area contributed by atoms with Gasteiger partial charge in [0.1, 0.15) is 0 Å². The highest BCUT2D eigenvalue weighted by Crippen LogP contribution is 2.61. The van der Waals surface area contributed by atoms with Crippen LogP contribution in [0.2, 0.25) is 0 Å². The molecule has 0 N–H and O–H groups in total. The first-order valence-electron chi connectivity index (χ1n) is 20.7. The maximum Gasteiger partial charge on any atom is 0.0462 e. The monoisotopic (exact) mass is 681 g/mol. The van der Waals surface area contributed by atoms with Crippen LogP contribution in [0.25, 0.3) is 22.3 Å². The Bertz CT molecular complexity index is 1950. The van der Waals surface area contributed by atoms with Crippen molar-refractivity contribution >= 4 is 17.1 Å². The Morgan fingerprint density at radius 1 is 0.404 bits per heavy atom. The minimum absolute atomic E-state index is 0.286. The van der Waals surface area contributed by atoms with E-state index in [-0.39, 0.29) is 5.41 Å². The maximum absolute atomic E-state index is 2.56. The van der Waals surface area contributed by atoms with Crippen molar-refractivity contribution in [3.8, 4) is 22.3 Å². The summed E-state index contributed by atoms with van der Waals surface area (Å²) >= 11 is 0. The van der Waals surface area contributed by atoms with E-state index >= 15 is 0 Å². The van der Waals surface area contributed by atoms with Gasteiger partial charge in [-0.25, -0.2) is 0 Å². The lowest BCUT2D eigenvalue weighted by Crippen LogP contribution is -2.48. The van der Waals surface area contributed by atoms with E-state index in [1.165, 1.54) is 116 Å². The van der Waals surface area contributed by atoms with Crippen LogP contribution >= 0.6 is 0 Å². The number of nitrogens with zero attached hydrogens (tertiary/aromatic N) is 1. The minimum atomic E-state index is 0.286. The smallest absolute Gasteiger partial charge is 0.0462 e. The summed E-state index contributed by atoms with van der Waals surface area (Å²) in [7, 11) is 0. The first-order chi connectivity index (χ1) is 25.4. The molecule has 264 valence electrons. The van der Waals surface area contributed by atoms with E-state index < -0.39 is 0 Å². The van der Waals surface area contributed by atoms with Gasteiger partial charge in [0.05, 0.1) is 0 Å². The first kappa shape index (κ1) is 32.5. The van der Waals surface area contributed by atoms with Crippen molar-refractivity contribution in [2.75, 3.05) is 4.90 Å². The third-order valence-corrected chi connectivity index (χ3v) is 14.7. The van der Waals surface area contributed by atoms with E-state index in [1.54, 1.807) is 5.56 Å². The van der Waals surface area contributed by atoms with Crippen molar-refractivity contribution in [1.29, 1.82) is 0 Å². The van der Waals surface area contributed by atoms with Crippen LogP contribution in [-0.2, 0) is 10.8 Å². The number of rotatable bonds is 7. The zero-order valence-corrected chi connectivity index (χ0v) is 31.3. The molecule has 1 heteroatoms. The molecule has 5 aromatic rings. The average molecular weight is 682 g/mol. The van der Waals surface area contributed by atoms with E-state index in [2.05, 4.69) is 146 Å². The summed E-state index contributed by atoms with van der Waals surface area (Å²) in [6, 6.07) is 48.6. The maximum atomic E-state index is 2.56. The molecule has 6 bridgehead atoms. The lowest BCUT2D eigenvalue weighted by Gasteiger charge is -2.57. The normalized spacial score (nSPS) is 31.7. The van der Waals surface area contributed by atoms with Gasteiger partial charge in [-0.2, -0.15) is 0 Å². The molecule has 0 spiro atoms. The molecule has 0 aromatic heterocycles. The number of hydrogen-bond donors (Lipinski definition) is 0. The van der Waals surface area contributed by atoms with Gasteiger partial charge >= 0.3 is 0 Å². The summed E-state index contributed by atoms with van der Waals surface area (Å²) in [4.78, 5) is 2.50. The van der Waals surface area contributed by atoms with Gasteiger partial charge in [-0.1, -0.05) is 105 Å². The second-order valence-corrected chi connectivity index (χ2v) is 18.6. The third-order valence-electron chi connectivity index (χ3n) is 14.7. The Kier molecular flexibility index (Phi) is 8.00. The van der Waals surface area contributed by atoms with Crippen molar-refractivity contribution < 1.29 is 0 Å². The summed E-state index contributed by atoms with van der Waals surface area (Å²) < 4.78 is 0. The van der Waals surface area contributed by atoms with Crippen LogP contribution in [0.4, 0.5) is 17.1 Å². The lowest BCUT2D eigenvalue weighted by atomic mass is 9.48. The topological polar surface area (TPSA) is 3.24 Å². The standard InChI is InChI=1S/C51H55N/c1-35-24-36-26-37(25-35)31-50(2,30-36)45-14-20-48(21-15-45)52(49-22-16-46(17-23-49)51-32-38-27-39(33-51)29-40(28-38)34-51)47-18-12-44(13-19-47)43-10-8-42(9-11-43)41-6-4-3-5-7-41/h3-23,35-40H,24-34H2,1-2H3. The quantitative estimate of drug-likeness (QED) is 0.165. The van der Waals surface area contributed by atoms with Gasteiger partial charge in [-0.15, -0.1) is 0 Å². The van der Waals surface area contributed by atoms with Gasteiger partial charge < -0.3 is 4.90 Å².